The number of carbonyl (C=O) groups is 3. The maximum Gasteiger partial charge on any atom is 0.340 e. The summed E-state index contributed by atoms with van der Waals surface area (Å²) in [7, 11) is 0. The number of hydrogen-bond donors (Lipinski definition) is 2. The molecule has 0 spiro atoms. The van der Waals surface area contributed by atoms with Crippen LogP contribution in [0, 0.1) is 0 Å². The number of urea groups is 1. The highest BCUT2D eigenvalue weighted by molar-refractivity contribution is 6.35. The fraction of sp³-hybridized carbons (Fsp3) is 0.312. The maximum absolute atomic E-state index is 12.2. The lowest BCUT2D eigenvalue weighted by atomic mass is 10.0. The summed E-state index contributed by atoms with van der Waals surface area (Å²) in [4.78, 5) is 35.9. The average Bonchev–Trinajstić information content (AvgIpc) is 2.54. The first-order valence-corrected chi connectivity index (χ1v) is 8.19. The molecular weight excluding hydrogens is 371 g/mol. The number of benzene rings is 1. The molecule has 0 unspecified atom stereocenters. The van der Waals surface area contributed by atoms with Gasteiger partial charge in [-0.3, -0.25) is 0 Å². The normalized spacial score (nSPS) is 16.8. The fourth-order valence-corrected chi connectivity index (χ4v) is 2.63. The Morgan fingerprint density at radius 2 is 1.92 bits per heavy atom. The molecule has 2 rings (SSSR count). The van der Waals surface area contributed by atoms with E-state index in [9.17, 15) is 14.4 Å². The zero-order valence-electron chi connectivity index (χ0n) is 13.5. The molecule has 1 aliphatic rings. The Bertz CT molecular complexity index is 748. The van der Waals surface area contributed by atoms with Crippen molar-refractivity contribution >= 4 is 41.2 Å². The second-order valence-electron chi connectivity index (χ2n) is 5.13. The molecule has 25 heavy (non-hydrogen) atoms. The number of amides is 2. The summed E-state index contributed by atoms with van der Waals surface area (Å²) in [5.41, 5.74) is 0.424. The molecule has 0 fully saturated rings. The summed E-state index contributed by atoms with van der Waals surface area (Å²) >= 11 is 11.8. The molecule has 2 amide bonds. The van der Waals surface area contributed by atoms with Crippen molar-refractivity contribution in [3.63, 3.8) is 0 Å². The molecule has 1 atom stereocenters. The Hall–Kier alpha value is -2.25. The minimum atomic E-state index is -0.733. The van der Waals surface area contributed by atoms with E-state index in [0.717, 1.165) is 0 Å². The molecule has 1 aromatic rings. The van der Waals surface area contributed by atoms with Gasteiger partial charge in [0, 0.05) is 5.02 Å². The monoisotopic (exact) mass is 386 g/mol. The number of nitrogens with one attached hydrogen (secondary N) is 2. The SMILES string of the molecule is CCOC(=O)C1=C(COC(=O)c2cc(Cl)ccc2Cl)NC(=O)N[C@H]1C. The van der Waals surface area contributed by atoms with Gasteiger partial charge in [-0.25, -0.2) is 14.4 Å². The molecule has 1 heterocycles. The van der Waals surface area contributed by atoms with E-state index in [1.807, 2.05) is 0 Å². The van der Waals surface area contributed by atoms with Crippen molar-refractivity contribution in [2.75, 3.05) is 13.2 Å². The van der Waals surface area contributed by atoms with Crippen molar-refractivity contribution in [2.45, 2.75) is 19.9 Å². The standard InChI is InChI=1S/C16H16Cl2N2O5/c1-3-24-15(22)13-8(2)19-16(23)20-12(13)7-25-14(21)10-6-9(17)4-5-11(10)18/h4-6,8H,3,7H2,1-2H3,(H2,19,20,23)/t8-/m0/s1. The second-order valence-corrected chi connectivity index (χ2v) is 5.98. The van der Waals surface area contributed by atoms with Gasteiger partial charge in [0.25, 0.3) is 0 Å². The van der Waals surface area contributed by atoms with E-state index in [1.54, 1.807) is 13.8 Å². The fourth-order valence-electron chi connectivity index (χ4n) is 2.26. The minimum absolute atomic E-state index is 0.0840. The molecule has 1 aliphatic heterocycles. The first-order chi connectivity index (χ1) is 11.8. The van der Waals surface area contributed by atoms with E-state index in [1.165, 1.54) is 18.2 Å². The molecule has 9 heteroatoms. The van der Waals surface area contributed by atoms with Crippen molar-refractivity contribution in [2.24, 2.45) is 0 Å². The summed E-state index contributed by atoms with van der Waals surface area (Å²) in [5, 5.41) is 5.51. The molecule has 7 nitrogen and oxygen atoms in total. The van der Waals surface area contributed by atoms with Gasteiger partial charge in [-0.15, -0.1) is 0 Å². The van der Waals surface area contributed by atoms with E-state index in [2.05, 4.69) is 10.6 Å². The van der Waals surface area contributed by atoms with Gasteiger partial charge in [-0.05, 0) is 32.0 Å². The van der Waals surface area contributed by atoms with E-state index < -0.39 is 24.0 Å². The van der Waals surface area contributed by atoms with E-state index in [4.69, 9.17) is 32.7 Å². The Kier molecular flexibility index (Phi) is 6.27. The molecule has 2 N–H and O–H groups in total. The Balaban J connectivity index is 2.21. The number of rotatable bonds is 5. The highest BCUT2D eigenvalue weighted by Crippen LogP contribution is 2.22. The average molecular weight is 387 g/mol. The third-order valence-electron chi connectivity index (χ3n) is 3.36. The summed E-state index contributed by atoms with van der Waals surface area (Å²) < 4.78 is 10.1. The van der Waals surface area contributed by atoms with Crippen LogP contribution in [-0.2, 0) is 14.3 Å². The number of esters is 2. The van der Waals surface area contributed by atoms with Crippen LogP contribution in [-0.4, -0.2) is 37.2 Å². The highest BCUT2D eigenvalue weighted by Gasteiger charge is 2.30. The van der Waals surface area contributed by atoms with Crippen LogP contribution in [0.15, 0.2) is 29.5 Å². The summed E-state index contributed by atoms with van der Waals surface area (Å²) in [6, 6.07) is 3.29. The first kappa shape index (κ1) is 19.1. The topological polar surface area (TPSA) is 93.7 Å². The molecule has 0 radical (unpaired) electrons. The predicted octanol–water partition coefficient (Wildman–Crippen LogP) is 2.67. The number of ether oxygens (including phenoxy) is 2. The number of carbonyl (C=O) groups excluding carboxylic acids is 3. The second kappa shape index (κ2) is 8.22. The quantitative estimate of drug-likeness (QED) is 0.758. The van der Waals surface area contributed by atoms with Crippen LogP contribution in [0.2, 0.25) is 10.0 Å². The van der Waals surface area contributed by atoms with Gasteiger partial charge >= 0.3 is 18.0 Å². The first-order valence-electron chi connectivity index (χ1n) is 7.43. The van der Waals surface area contributed by atoms with Crippen LogP contribution < -0.4 is 10.6 Å². The van der Waals surface area contributed by atoms with Crippen molar-refractivity contribution < 1.29 is 23.9 Å². The molecule has 0 saturated heterocycles. The lowest BCUT2D eigenvalue weighted by Crippen LogP contribution is -2.50. The van der Waals surface area contributed by atoms with Crippen molar-refractivity contribution in [1.29, 1.82) is 0 Å². The van der Waals surface area contributed by atoms with Crippen LogP contribution in [0.5, 0.6) is 0 Å². The highest BCUT2D eigenvalue weighted by atomic mass is 35.5. The van der Waals surface area contributed by atoms with Gasteiger partial charge in [0.05, 0.1) is 34.5 Å². The van der Waals surface area contributed by atoms with Gasteiger partial charge in [-0.1, -0.05) is 23.2 Å². The van der Waals surface area contributed by atoms with Crippen molar-refractivity contribution in [3.8, 4) is 0 Å². The zero-order valence-corrected chi connectivity index (χ0v) is 15.0. The third kappa shape index (κ3) is 4.64. The lowest BCUT2D eigenvalue weighted by Gasteiger charge is -2.26. The van der Waals surface area contributed by atoms with E-state index >= 15 is 0 Å². The number of halogens is 2. The molecule has 0 aromatic heterocycles. The Labute approximate surface area is 154 Å². The van der Waals surface area contributed by atoms with Gasteiger partial charge in [0.2, 0.25) is 0 Å². The third-order valence-corrected chi connectivity index (χ3v) is 3.93. The lowest BCUT2D eigenvalue weighted by molar-refractivity contribution is -0.139. The summed E-state index contributed by atoms with van der Waals surface area (Å²) in [6.07, 6.45) is 0. The van der Waals surface area contributed by atoms with Crippen LogP contribution in [0.3, 0.4) is 0 Å². The van der Waals surface area contributed by atoms with Gasteiger partial charge in [-0.2, -0.15) is 0 Å². The van der Waals surface area contributed by atoms with Gasteiger partial charge in [0.15, 0.2) is 0 Å². The molecule has 0 bridgehead atoms. The molecule has 134 valence electrons. The summed E-state index contributed by atoms with van der Waals surface area (Å²) in [5.74, 6) is -1.34. The van der Waals surface area contributed by atoms with E-state index in [-0.39, 0.29) is 35.1 Å². The Morgan fingerprint density at radius 3 is 2.60 bits per heavy atom. The predicted molar refractivity (Wildman–Crippen MR) is 91.5 cm³/mol. The number of hydrogen-bond acceptors (Lipinski definition) is 5. The minimum Gasteiger partial charge on any atom is -0.463 e. The molecule has 0 saturated carbocycles. The van der Waals surface area contributed by atoms with Gasteiger partial charge in [0.1, 0.15) is 6.61 Å². The van der Waals surface area contributed by atoms with E-state index in [0.29, 0.717) is 5.02 Å². The summed E-state index contributed by atoms with van der Waals surface area (Å²) in [6.45, 7) is 3.14. The van der Waals surface area contributed by atoms with Crippen molar-refractivity contribution in [3.05, 3.63) is 45.1 Å². The maximum atomic E-state index is 12.2. The van der Waals surface area contributed by atoms with Gasteiger partial charge < -0.3 is 20.1 Å². The van der Waals surface area contributed by atoms with Crippen LogP contribution in [0.4, 0.5) is 4.79 Å². The Morgan fingerprint density at radius 1 is 1.20 bits per heavy atom. The molecular formula is C16H16Cl2N2O5. The smallest absolute Gasteiger partial charge is 0.340 e. The molecule has 1 aromatic carbocycles. The van der Waals surface area contributed by atoms with Crippen LogP contribution >= 0.6 is 23.2 Å². The van der Waals surface area contributed by atoms with Crippen LogP contribution in [0.1, 0.15) is 24.2 Å². The van der Waals surface area contributed by atoms with Crippen molar-refractivity contribution in [1.82, 2.24) is 10.6 Å². The largest absolute Gasteiger partial charge is 0.463 e. The zero-order chi connectivity index (χ0) is 18.6. The van der Waals surface area contributed by atoms with Crippen LogP contribution in [0.25, 0.3) is 0 Å². The molecule has 0 aliphatic carbocycles.